The second-order valence-electron chi connectivity index (χ2n) is 12.5. The number of ether oxygens (including phenoxy) is 3. The average molecular weight is 749 g/mol. The summed E-state index contributed by atoms with van der Waals surface area (Å²) in [5, 5.41) is 1.01. The number of urea groups is 1. The number of carbonyl (C=O) groups excluding carboxylic acids is 2. The number of hydrogen-bond acceptors (Lipinski definition) is 7. The maximum atomic E-state index is 14.8. The van der Waals surface area contributed by atoms with Gasteiger partial charge in [0, 0.05) is 42.8 Å². The molecule has 0 radical (unpaired) electrons. The van der Waals surface area contributed by atoms with Crippen molar-refractivity contribution in [2.24, 2.45) is 4.99 Å². The molecule has 3 aromatic rings. The summed E-state index contributed by atoms with van der Waals surface area (Å²) in [5.41, 5.74) is 0.804. The second-order valence-corrected chi connectivity index (χ2v) is 13.3. The minimum atomic E-state index is -4.61. The molecule has 2 fully saturated rings. The Bertz CT molecular complexity index is 1730. The van der Waals surface area contributed by atoms with Crippen molar-refractivity contribution in [3.8, 4) is 5.75 Å². The molecule has 6 rings (SSSR count). The first-order valence-corrected chi connectivity index (χ1v) is 17.4. The van der Waals surface area contributed by atoms with Crippen molar-refractivity contribution in [3.05, 3.63) is 99.0 Å². The van der Waals surface area contributed by atoms with Crippen LogP contribution in [0.4, 0.5) is 18.0 Å². The summed E-state index contributed by atoms with van der Waals surface area (Å²) in [5.74, 6) is 0.0240. The molecule has 0 saturated carbocycles. The molecule has 2 atom stereocenters. The fraction of sp³-hybridized carbons (Fsp3) is 0.417. The van der Waals surface area contributed by atoms with Gasteiger partial charge < -0.3 is 24.0 Å². The lowest BCUT2D eigenvalue weighted by Gasteiger charge is -2.39. The highest BCUT2D eigenvalue weighted by molar-refractivity contribution is 6.30. The highest BCUT2D eigenvalue weighted by Crippen LogP contribution is 2.46. The number of carbonyl (C=O) groups is 2. The van der Waals surface area contributed by atoms with Crippen LogP contribution in [0.1, 0.15) is 41.3 Å². The molecule has 3 amide bonds. The normalized spacial score (nSPS) is 19.9. The smallest absolute Gasteiger partial charge is 0.416 e. The monoisotopic (exact) mass is 747 g/mol. The quantitative estimate of drug-likeness (QED) is 0.248. The average Bonchev–Trinajstić information content (AvgIpc) is 3.77. The summed E-state index contributed by atoms with van der Waals surface area (Å²) in [6, 6.07) is 15.5. The zero-order valence-electron chi connectivity index (χ0n) is 28.1. The van der Waals surface area contributed by atoms with Gasteiger partial charge in [0.15, 0.2) is 6.29 Å². The van der Waals surface area contributed by atoms with Crippen LogP contribution in [-0.2, 0) is 20.4 Å². The molecule has 3 aliphatic heterocycles. The van der Waals surface area contributed by atoms with Crippen molar-refractivity contribution in [1.82, 2.24) is 19.6 Å². The summed E-state index contributed by atoms with van der Waals surface area (Å²) >= 11 is 12.5. The fourth-order valence-electron chi connectivity index (χ4n) is 6.47. The van der Waals surface area contributed by atoms with Crippen LogP contribution in [-0.4, -0.2) is 110 Å². The molecule has 0 N–H and O–H groups in total. The van der Waals surface area contributed by atoms with Gasteiger partial charge in [0.1, 0.15) is 17.6 Å². The molecular formula is C36H38Cl2F3N5O5. The van der Waals surface area contributed by atoms with E-state index >= 15 is 0 Å². The number of halogens is 5. The molecular weight excluding hydrogens is 710 g/mol. The molecule has 10 nitrogen and oxygen atoms in total. The predicted molar refractivity (Wildman–Crippen MR) is 186 cm³/mol. The number of benzene rings is 3. The molecule has 0 aliphatic carbocycles. The number of amidine groups is 1. The number of hydrogen-bond donors (Lipinski definition) is 0. The number of aliphatic imine (C=N–C) groups is 1. The number of rotatable bonds is 9. The number of piperazine rings is 1. The highest BCUT2D eigenvalue weighted by atomic mass is 35.5. The van der Waals surface area contributed by atoms with E-state index in [4.69, 9.17) is 42.4 Å². The van der Waals surface area contributed by atoms with Crippen LogP contribution in [0.5, 0.6) is 5.75 Å². The molecule has 0 bridgehead atoms. The summed E-state index contributed by atoms with van der Waals surface area (Å²) in [6.07, 6.45) is -4.98. The lowest BCUT2D eigenvalue weighted by atomic mass is 9.93. The van der Waals surface area contributed by atoms with Crippen LogP contribution in [0, 0.1) is 0 Å². The van der Waals surface area contributed by atoms with E-state index in [0.717, 1.165) is 17.7 Å². The van der Waals surface area contributed by atoms with Crippen molar-refractivity contribution in [3.63, 3.8) is 0 Å². The summed E-state index contributed by atoms with van der Waals surface area (Å²) in [7, 11) is 1.82. The number of amides is 3. The molecule has 2 saturated heterocycles. The van der Waals surface area contributed by atoms with Crippen molar-refractivity contribution in [2.75, 3.05) is 66.1 Å². The van der Waals surface area contributed by atoms with Crippen LogP contribution in [0.2, 0.25) is 10.0 Å². The first kappa shape index (κ1) is 36.9. The Morgan fingerprint density at radius 2 is 1.49 bits per heavy atom. The maximum absolute atomic E-state index is 14.8. The van der Waals surface area contributed by atoms with Gasteiger partial charge in [-0.15, -0.1) is 0 Å². The van der Waals surface area contributed by atoms with Gasteiger partial charge in [-0.05, 0) is 67.6 Å². The molecule has 3 aliphatic rings. The predicted octanol–water partition coefficient (Wildman–Crippen LogP) is 6.52. The van der Waals surface area contributed by atoms with Gasteiger partial charge in [0.2, 0.25) is 5.91 Å². The largest absolute Gasteiger partial charge is 0.493 e. The van der Waals surface area contributed by atoms with Crippen molar-refractivity contribution in [2.45, 2.75) is 31.5 Å². The van der Waals surface area contributed by atoms with E-state index in [-0.39, 0.29) is 55.6 Å². The van der Waals surface area contributed by atoms with Crippen LogP contribution >= 0.6 is 23.2 Å². The molecule has 3 aromatic carbocycles. The van der Waals surface area contributed by atoms with E-state index in [1.165, 1.54) is 11.0 Å². The molecule has 2 unspecified atom stereocenters. The van der Waals surface area contributed by atoms with Gasteiger partial charge in [-0.25, -0.2) is 4.79 Å². The van der Waals surface area contributed by atoms with Crippen molar-refractivity contribution in [1.29, 1.82) is 0 Å². The van der Waals surface area contributed by atoms with Gasteiger partial charge in [-0.3, -0.25) is 19.6 Å². The zero-order chi connectivity index (χ0) is 36.3. The van der Waals surface area contributed by atoms with Gasteiger partial charge >= 0.3 is 12.2 Å². The highest BCUT2D eigenvalue weighted by Gasteiger charge is 2.45. The minimum Gasteiger partial charge on any atom is -0.493 e. The Morgan fingerprint density at radius 3 is 2.08 bits per heavy atom. The van der Waals surface area contributed by atoms with Crippen molar-refractivity contribution < 1.29 is 37.0 Å². The van der Waals surface area contributed by atoms with Gasteiger partial charge in [-0.2, -0.15) is 13.2 Å². The van der Waals surface area contributed by atoms with E-state index in [0.29, 0.717) is 48.5 Å². The molecule has 15 heteroatoms. The third-order valence-corrected chi connectivity index (χ3v) is 9.51. The maximum Gasteiger partial charge on any atom is 0.416 e. The van der Waals surface area contributed by atoms with Crippen LogP contribution < -0.4 is 4.74 Å². The fourth-order valence-corrected chi connectivity index (χ4v) is 6.73. The standard InChI is InChI=1S/C36H38Cl2F3N5O5/c1-3-49-29-20-25(36(39,40)41)8-13-28(29)34-42-32(23-4-9-26(37)10-5-23)33(24-6-11-27(38)12-7-24)46(34)35(48)45-16-14-44(15-17-45)30(47)21-43(2)22-31-50-18-19-51-31/h4-13,20,31-33H,3,14-19,21-22H2,1-2H3. The van der Waals surface area contributed by atoms with Crippen LogP contribution in [0.3, 0.4) is 0 Å². The third-order valence-electron chi connectivity index (χ3n) is 9.01. The topological polar surface area (TPSA) is 87.2 Å². The summed E-state index contributed by atoms with van der Waals surface area (Å²) in [4.78, 5) is 39.7. The van der Waals surface area contributed by atoms with Gasteiger partial charge in [0.25, 0.3) is 0 Å². The number of likely N-dealkylation sites (N-methyl/N-ethyl adjacent to an activating group) is 1. The Kier molecular flexibility index (Phi) is 11.4. The Hall–Kier alpha value is -3.88. The first-order valence-electron chi connectivity index (χ1n) is 16.6. The third kappa shape index (κ3) is 8.44. The van der Waals surface area contributed by atoms with Crippen molar-refractivity contribution >= 4 is 41.0 Å². The lowest BCUT2D eigenvalue weighted by molar-refractivity contribution is -0.137. The Balaban J connectivity index is 1.33. The van der Waals surface area contributed by atoms with E-state index in [9.17, 15) is 22.8 Å². The Morgan fingerprint density at radius 1 is 0.902 bits per heavy atom. The molecule has 0 spiro atoms. The number of alkyl halides is 3. The van der Waals surface area contributed by atoms with Crippen LogP contribution in [0.25, 0.3) is 0 Å². The molecule has 3 heterocycles. The van der Waals surface area contributed by atoms with E-state index in [2.05, 4.69) is 0 Å². The van der Waals surface area contributed by atoms with E-state index in [1.54, 1.807) is 53.1 Å². The lowest BCUT2D eigenvalue weighted by Crippen LogP contribution is -2.56. The SMILES string of the molecule is CCOc1cc(C(F)(F)F)ccc1C1=NC(c2ccc(Cl)cc2)C(c2ccc(Cl)cc2)N1C(=O)N1CCN(C(=O)CN(C)CC2OCCO2)CC1. The molecule has 0 aromatic heterocycles. The van der Waals surface area contributed by atoms with Gasteiger partial charge in [0.05, 0.1) is 43.5 Å². The molecule has 272 valence electrons. The van der Waals surface area contributed by atoms with E-state index < -0.39 is 29.9 Å². The van der Waals surface area contributed by atoms with Crippen LogP contribution in [0.15, 0.2) is 71.7 Å². The second kappa shape index (κ2) is 15.8. The summed E-state index contributed by atoms with van der Waals surface area (Å²) in [6.45, 7) is 4.49. The number of nitrogens with zero attached hydrogens (tertiary/aromatic N) is 5. The van der Waals surface area contributed by atoms with E-state index in [1.807, 2.05) is 24.1 Å². The van der Waals surface area contributed by atoms with Gasteiger partial charge in [-0.1, -0.05) is 47.5 Å². The Labute approximate surface area is 304 Å². The first-order chi connectivity index (χ1) is 24.4. The zero-order valence-corrected chi connectivity index (χ0v) is 29.6. The molecule has 51 heavy (non-hydrogen) atoms. The minimum absolute atomic E-state index is 0.0524. The summed E-state index contributed by atoms with van der Waals surface area (Å²) < 4.78 is 58.2.